The van der Waals surface area contributed by atoms with E-state index in [0.29, 0.717) is 19.7 Å². The van der Waals surface area contributed by atoms with Gasteiger partial charge in [0, 0.05) is 43.5 Å². The Morgan fingerprint density at radius 1 is 1.32 bits per heavy atom. The minimum atomic E-state index is -0.286. The number of hydrogen-bond acceptors (Lipinski definition) is 6. The lowest BCUT2D eigenvalue weighted by molar-refractivity contribution is 0.182. The molecule has 130 valence electrons. The van der Waals surface area contributed by atoms with Gasteiger partial charge in [0.1, 0.15) is 5.82 Å². The van der Waals surface area contributed by atoms with Crippen LogP contribution in [0.15, 0.2) is 36.7 Å². The number of halogens is 1. The normalized spacial score (nSPS) is 20.5. The minimum absolute atomic E-state index is 0.0187. The zero-order chi connectivity index (χ0) is 17.4. The van der Waals surface area contributed by atoms with Crippen molar-refractivity contribution < 1.29 is 9.13 Å². The molecule has 0 saturated carbocycles. The zero-order valence-corrected chi connectivity index (χ0v) is 13.8. The van der Waals surface area contributed by atoms with Gasteiger partial charge in [0.2, 0.25) is 0 Å². The van der Waals surface area contributed by atoms with Gasteiger partial charge in [-0.15, -0.1) is 5.10 Å². The number of anilines is 1. The van der Waals surface area contributed by atoms with Crippen LogP contribution in [0.1, 0.15) is 11.7 Å². The molecule has 1 fully saturated rings. The number of hydrogen-bond donors (Lipinski definition) is 1. The first kappa shape index (κ1) is 15.9. The van der Waals surface area contributed by atoms with Gasteiger partial charge in [-0.2, -0.15) is 0 Å². The number of pyridine rings is 1. The minimum Gasteiger partial charge on any atom is -0.378 e. The first-order valence-electron chi connectivity index (χ1n) is 8.10. The zero-order valence-electron chi connectivity index (χ0n) is 13.8. The van der Waals surface area contributed by atoms with Gasteiger partial charge >= 0.3 is 0 Å². The maximum Gasteiger partial charge on any atom is 0.124 e. The van der Waals surface area contributed by atoms with Crippen molar-refractivity contribution in [2.24, 2.45) is 5.73 Å². The molecule has 3 heterocycles. The van der Waals surface area contributed by atoms with Gasteiger partial charge < -0.3 is 15.4 Å². The summed E-state index contributed by atoms with van der Waals surface area (Å²) in [7, 11) is 1.63. The molecule has 0 radical (unpaired) electrons. The molecule has 2 atom stereocenters. The number of aromatic nitrogens is 4. The average Bonchev–Trinajstić information content (AvgIpc) is 3.24. The van der Waals surface area contributed by atoms with E-state index in [1.807, 2.05) is 12.3 Å². The van der Waals surface area contributed by atoms with E-state index >= 15 is 0 Å². The number of nitrogens with zero attached hydrogens (tertiary/aromatic N) is 5. The Hall–Kier alpha value is -2.58. The molecule has 0 amide bonds. The molecular formula is C17H19FN6O. The molecule has 0 bridgehead atoms. The van der Waals surface area contributed by atoms with Crippen molar-refractivity contribution in [1.29, 1.82) is 0 Å². The molecular weight excluding hydrogens is 323 g/mol. The van der Waals surface area contributed by atoms with Gasteiger partial charge in [-0.05, 0) is 24.3 Å². The number of rotatable bonds is 4. The van der Waals surface area contributed by atoms with Crippen molar-refractivity contribution in [3.63, 3.8) is 0 Å². The summed E-state index contributed by atoms with van der Waals surface area (Å²) in [6.45, 7) is 1.71. The summed E-state index contributed by atoms with van der Waals surface area (Å²) in [5.74, 6) is -0.286. The largest absolute Gasteiger partial charge is 0.378 e. The number of nitrogens with two attached hydrogens (primary N) is 1. The van der Waals surface area contributed by atoms with E-state index < -0.39 is 0 Å². The average molecular weight is 342 g/mol. The van der Waals surface area contributed by atoms with Crippen LogP contribution in [0.5, 0.6) is 0 Å². The summed E-state index contributed by atoms with van der Waals surface area (Å²) in [4.78, 5) is 6.70. The Morgan fingerprint density at radius 2 is 2.20 bits per heavy atom. The van der Waals surface area contributed by atoms with Gasteiger partial charge in [-0.3, -0.25) is 4.98 Å². The third-order valence-electron chi connectivity index (χ3n) is 4.55. The molecule has 7 nitrogen and oxygen atoms in total. The molecule has 1 aliphatic heterocycles. The summed E-state index contributed by atoms with van der Waals surface area (Å²) in [6.07, 6.45) is 3.46. The molecule has 3 aromatic rings. The summed E-state index contributed by atoms with van der Waals surface area (Å²) in [5.41, 5.74) is 8.78. The van der Waals surface area contributed by atoms with Crippen LogP contribution in [0.2, 0.25) is 0 Å². The molecule has 1 aliphatic rings. The number of benzene rings is 1. The van der Waals surface area contributed by atoms with Gasteiger partial charge in [-0.1, -0.05) is 5.21 Å². The van der Waals surface area contributed by atoms with Crippen LogP contribution in [0, 0.1) is 5.82 Å². The summed E-state index contributed by atoms with van der Waals surface area (Å²) in [6, 6.07) is 6.50. The second-order valence-corrected chi connectivity index (χ2v) is 6.25. The SMILES string of the molecule is COCc1cc(N2C[C@@H](N)[C@@H](n3ccnn3)C2)c2cc(F)ccc2n1. The van der Waals surface area contributed by atoms with Gasteiger partial charge in [0.15, 0.2) is 0 Å². The Kier molecular flexibility index (Phi) is 4.06. The highest BCUT2D eigenvalue weighted by Gasteiger charge is 2.33. The first-order chi connectivity index (χ1) is 12.2. The standard InChI is InChI=1S/C17H19FN6O/c1-25-10-12-7-16(13-6-11(18)2-3-15(13)21-12)23-8-14(19)17(9-23)24-5-4-20-22-24/h2-7,14,17H,8-10,19H2,1H3/t14-,17+/m1/s1. The molecule has 1 saturated heterocycles. The van der Waals surface area contributed by atoms with Crippen molar-refractivity contribution in [1.82, 2.24) is 20.0 Å². The van der Waals surface area contributed by atoms with Crippen molar-refractivity contribution in [2.75, 3.05) is 25.1 Å². The molecule has 0 aliphatic carbocycles. The Labute approximate surface area is 144 Å². The third kappa shape index (κ3) is 2.94. The molecule has 4 rings (SSSR count). The highest BCUT2D eigenvalue weighted by Crippen LogP contribution is 2.32. The van der Waals surface area contributed by atoms with Crippen LogP contribution in [-0.2, 0) is 11.3 Å². The van der Waals surface area contributed by atoms with E-state index in [1.165, 1.54) is 12.1 Å². The van der Waals surface area contributed by atoms with Gasteiger partial charge in [0.05, 0.1) is 30.1 Å². The quantitative estimate of drug-likeness (QED) is 0.774. The second kappa shape index (κ2) is 6.38. The fraction of sp³-hybridized carbons (Fsp3) is 0.353. The Balaban J connectivity index is 1.76. The monoisotopic (exact) mass is 342 g/mol. The molecule has 25 heavy (non-hydrogen) atoms. The maximum atomic E-state index is 13.8. The second-order valence-electron chi connectivity index (χ2n) is 6.25. The van der Waals surface area contributed by atoms with Crippen molar-refractivity contribution in [3.8, 4) is 0 Å². The highest BCUT2D eigenvalue weighted by molar-refractivity contribution is 5.92. The van der Waals surface area contributed by atoms with Crippen molar-refractivity contribution in [2.45, 2.75) is 18.7 Å². The van der Waals surface area contributed by atoms with E-state index in [4.69, 9.17) is 10.5 Å². The van der Waals surface area contributed by atoms with E-state index in [2.05, 4.69) is 20.2 Å². The fourth-order valence-electron chi connectivity index (χ4n) is 3.40. The maximum absolute atomic E-state index is 13.8. The first-order valence-corrected chi connectivity index (χ1v) is 8.10. The predicted octanol–water partition coefficient (Wildman–Crippen LogP) is 1.50. The topological polar surface area (TPSA) is 82.1 Å². The summed E-state index contributed by atoms with van der Waals surface area (Å²) in [5, 5.41) is 8.70. The molecule has 1 aromatic carbocycles. The fourth-order valence-corrected chi connectivity index (χ4v) is 3.40. The van der Waals surface area contributed by atoms with Crippen LogP contribution in [0.4, 0.5) is 10.1 Å². The van der Waals surface area contributed by atoms with Crippen molar-refractivity contribution >= 4 is 16.6 Å². The Morgan fingerprint density at radius 3 is 2.96 bits per heavy atom. The lowest BCUT2D eigenvalue weighted by atomic mass is 10.1. The van der Waals surface area contributed by atoms with Crippen LogP contribution in [0.25, 0.3) is 10.9 Å². The lowest BCUT2D eigenvalue weighted by Crippen LogP contribution is -2.31. The summed E-state index contributed by atoms with van der Waals surface area (Å²) < 4.78 is 20.8. The van der Waals surface area contributed by atoms with Gasteiger partial charge in [-0.25, -0.2) is 9.07 Å². The highest BCUT2D eigenvalue weighted by atomic mass is 19.1. The van der Waals surface area contributed by atoms with E-state index in [9.17, 15) is 4.39 Å². The lowest BCUT2D eigenvalue weighted by Gasteiger charge is -2.21. The number of ether oxygens (including phenoxy) is 1. The van der Waals surface area contributed by atoms with E-state index in [-0.39, 0.29) is 17.9 Å². The van der Waals surface area contributed by atoms with Crippen LogP contribution in [-0.4, -0.2) is 46.2 Å². The molecule has 2 aromatic heterocycles. The third-order valence-corrected chi connectivity index (χ3v) is 4.55. The van der Waals surface area contributed by atoms with Crippen LogP contribution >= 0.6 is 0 Å². The number of methoxy groups -OCH3 is 1. The van der Waals surface area contributed by atoms with Crippen molar-refractivity contribution in [3.05, 3.63) is 48.2 Å². The smallest absolute Gasteiger partial charge is 0.124 e. The van der Waals surface area contributed by atoms with E-state index in [0.717, 1.165) is 22.3 Å². The summed E-state index contributed by atoms with van der Waals surface area (Å²) >= 11 is 0. The predicted molar refractivity (Wildman–Crippen MR) is 91.7 cm³/mol. The number of fused-ring (bicyclic) bond motifs is 1. The molecule has 8 heteroatoms. The van der Waals surface area contributed by atoms with Crippen LogP contribution in [0.3, 0.4) is 0 Å². The molecule has 0 spiro atoms. The van der Waals surface area contributed by atoms with Gasteiger partial charge in [0.25, 0.3) is 0 Å². The molecule has 0 unspecified atom stereocenters. The molecule has 2 N–H and O–H groups in total. The van der Waals surface area contributed by atoms with Crippen LogP contribution < -0.4 is 10.6 Å². The van der Waals surface area contributed by atoms with E-state index in [1.54, 1.807) is 24.1 Å². The Bertz CT molecular complexity index is 884.